The summed E-state index contributed by atoms with van der Waals surface area (Å²) in [7, 11) is 0. The van der Waals surface area contributed by atoms with Crippen LogP contribution >= 0.6 is 0 Å². The topological polar surface area (TPSA) is 31.0 Å². The van der Waals surface area contributed by atoms with Gasteiger partial charge in [0, 0.05) is 33.6 Å². The number of benzene rings is 3. The lowest BCUT2D eigenvalue weighted by Crippen LogP contribution is -1.92. The summed E-state index contributed by atoms with van der Waals surface area (Å²) in [4.78, 5) is 4.51. The molecule has 0 fully saturated rings. The Hall–Kier alpha value is -3.85. The van der Waals surface area contributed by atoms with E-state index in [1.165, 1.54) is 21.8 Å². The average molecular weight is 360 g/mol. The van der Waals surface area contributed by atoms with Crippen molar-refractivity contribution in [3.8, 4) is 16.9 Å². The lowest BCUT2D eigenvalue weighted by Gasteiger charge is -2.07. The zero-order chi connectivity index (χ0) is 18.5. The molecule has 28 heavy (non-hydrogen) atoms. The minimum Gasteiger partial charge on any atom is -0.464 e. The normalized spacial score (nSPS) is 11.6. The molecule has 6 aromatic rings. The summed E-state index contributed by atoms with van der Waals surface area (Å²) in [6, 6.07) is 29.3. The molecule has 3 aromatic carbocycles. The highest BCUT2D eigenvalue weighted by molar-refractivity contribution is 6.14. The van der Waals surface area contributed by atoms with Crippen molar-refractivity contribution in [3.05, 3.63) is 97.4 Å². The number of fused-ring (bicyclic) bond motifs is 4. The van der Waals surface area contributed by atoms with Crippen molar-refractivity contribution in [2.45, 2.75) is 0 Å². The van der Waals surface area contributed by atoms with Gasteiger partial charge in [0.2, 0.25) is 0 Å². The summed E-state index contributed by atoms with van der Waals surface area (Å²) in [5, 5.41) is 3.49. The van der Waals surface area contributed by atoms with Crippen molar-refractivity contribution >= 4 is 32.8 Å². The highest BCUT2D eigenvalue weighted by Gasteiger charge is 2.16. The van der Waals surface area contributed by atoms with Crippen molar-refractivity contribution in [1.82, 2.24) is 9.55 Å². The van der Waals surface area contributed by atoms with Crippen LogP contribution in [0.4, 0.5) is 0 Å². The van der Waals surface area contributed by atoms with E-state index in [-0.39, 0.29) is 0 Å². The summed E-state index contributed by atoms with van der Waals surface area (Å²) in [6.07, 6.45) is 3.62. The molecule has 0 aliphatic heterocycles. The maximum Gasteiger partial charge on any atom is 0.135 e. The second-order valence-electron chi connectivity index (χ2n) is 6.92. The molecular weight excluding hydrogens is 344 g/mol. The molecule has 0 saturated heterocycles. The van der Waals surface area contributed by atoms with E-state index in [1.54, 1.807) is 6.26 Å². The molecule has 132 valence electrons. The standard InChI is InChI=1S/C25H16N2O/c1-2-8-17(9-3-1)27-23-12-5-4-10-18(23)19-15-25-20(14-24(19)27)21(16-28-25)22-11-6-7-13-26-22/h1-16H. The molecule has 0 unspecified atom stereocenters. The predicted octanol–water partition coefficient (Wildman–Crippen LogP) is 6.59. The van der Waals surface area contributed by atoms with Crippen LogP contribution in [0.15, 0.2) is 102 Å². The molecule has 0 radical (unpaired) electrons. The highest BCUT2D eigenvalue weighted by Crippen LogP contribution is 2.38. The van der Waals surface area contributed by atoms with Crippen LogP contribution < -0.4 is 0 Å². The van der Waals surface area contributed by atoms with E-state index in [0.717, 1.165) is 27.9 Å². The Bertz CT molecular complexity index is 1440. The van der Waals surface area contributed by atoms with E-state index in [0.29, 0.717) is 0 Å². The number of pyridine rings is 1. The first kappa shape index (κ1) is 15.2. The third-order valence-corrected chi connectivity index (χ3v) is 5.32. The van der Waals surface area contributed by atoms with Gasteiger partial charge in [0.05, 0.1) is 16.7 Å². The van der Waals surface area contributed by atoms with E-state index >= 15 is 0 Å². The Morgan fingerprint density at radius 3 is 2.36 bits per heavy atom. The molecule has 0 saturated carbocycles. The first-order valence-corrected chi connectivity index (χ1v) is 9.31. The Morgan fingerprint density at radius 1 is 0.679 bits per heavy atom. The van der Waals surface area contributed by atoms with Gasteiger partial charge in [-0.25, -0.2) is 0 Å². The van der Waals surface area contributed by atoms with Gasteiger partial charge in [-0.05, 0) is 42.5 Å². The SMILES string of the molecule is c1ccc(-n2c3ccccc3c3cc4occ(-c5ccccn5)c4cc32)cc1. The average Bonchev–Trinajstić information content (AvgIpc) is 3.32. The van der Waals surface area contributed by atoms with Crippen LogP contribution in [0.25, 0.3) is 49.7 Å². The van der Waals surface area contributed by atoms with Crippen LogP contribution in [-0.2, 0) is 0 Å². The molecule has 0 amide bonds. The first-order valence-electron chi connectivity index (χ1n) is 9.31. The minimum atomic E-state index is 0.879. The van der Waals surface area contributed by atoms with Gasteiger partial charge in [0.25, 0.3) is 0 Å². The molecule has 0 aliphatic rings. The van der Waals surface area contributed by atoms with Crippen molar-refractivity contribution in [2.75, 3.05) is 0 Å². The molecule has 3 nitrogen and oxygen atoms in total. The fraction of sp³-hybridized carbons (Fsp3) is 0. The van der Waals surface area contributed by atoms with E-state index in [4.69, 9.17) is 4.42 Å². The molecule has 0 N–H and O–H groups in total. The summed E-state index contributed by atoms with van der Waals surface area (Å²) in [5.74, 6) is 0. The lowest BCUT2D eigenvalue weighted by molar-refractivity contribution is 0.617. The van der Waals surface area contributed by atoms with Crippen LogP contribution in [0.1, 0.15) is 0 Å². The molecule has 6 rings (SSSR count). The molecule has 0 aliphatic carbocycles. The number of aromatic nitrogens is 2. The third-order valence-electron chi connectivity index (χ3n) is 5.32. The van der Waals surface area contributed by atoms with Crippen LogP contribution in [0.2, 0.25) is 0 Å². The smallest absolute Gasteiger partial charge is 0.135 e. The van der Waals surface area contributed by atoms with Crippen LogP contribution in [0, 0.1) is 0 Å². The maximum atomic E-state index is 5.93. The number of nitrogens with zero attached hydrogens (tertiary/aromatic N) is 2. The van der Waals surface area contributed by atoms with E-state index in [1.807, 2.05) is 30.5 Å². The maximum absolute atomic E-state index is 5.93. The molecule has 0 bridgehead atoms. The van der Waals surface area contributed by atoms with Crippen molar-refractivity contribution in [1.29, 1.82) is 0 Å². The van der Waals surface area contributed by atoms with Crippen LogP contribution in [0.5, 0.6) is 0 Å². The molecule has 0 spiro atoms. The van der Waals surface area contributed by atoms with Crippen LogP contribution in [0.3, 0.4) is 0 Å². The number of hydrogen-bond donors (Lipinski definition) is 0. The van der Waals surface area contributed by atoms with E-state index in [2.05, 4.69) is 70.2 Å². The zero-order valence-electron chi connectivity index (χ0n) is 15.0. The Morgan fingerprint density at radius 2 is 1.50 bits per heavy atom. The fourth-order valence-electron chi connectivity index (χ4n) is 4.06. The van der Waals surface area contributed by atoms with Crippen molar-refractivity contribution in [3.63, 3.8) is 0 Å². The quantitative estimate of drug-likeness (QED) is 0.349. The fourth-order valence-corrected chi connectivity index (χ4v) is 4.06. The van der Waals surface area contributed by atoms with Crippen LogP contribution in [-0.4, -0.2) is 9.55 Å². The minimum absolute atomic E-state index is 0.879. The first-order chi connectivity index (χ1) is 13.9. The van der Waals surface area contributed by atoms with Gasteiger partial charge in [-0.3, -0.25) is 4.98 Å². The Kier molecular flexibility index (Phi) is 3.17. The summed E-state index contributed by atoms with van der Waals surface area (Å²) >= 11 is 0. The van der Waals surface area contributed by atoms with Gasteiger partial charge in [-0.1, -0.05) is 42.5 Å². The van der Waals surface area contributed by atoms with Gasteiger partial charge in [0.1, 0.15) is 11.8 Å². The van der Waals surface area contributed by atoms with Gasteiger partial charge in [-0.2, -0.15) is 0 Å². The molecule has 0 atom stereocenters. The van der Waals surface area contributed by atoms with E-state index < -0.39 is 0 Å². The summed E-state index contributed by atoms with van der Waals surface area (Å²) in [6.45, 7) is 0. The predicted molar refractivity (Wildman–Crippen MR) is 114 cm³/mol. The molecule has 3 heterocycles. The van der Waals surface area contributed by atoms with Crippen molar-refractivity contribution < 1.29 is 4.42 Å². The monoisotopic (exact) mass is 360 g/mol. The lowest BCUT2D eigenvalue weighted by atomic mass is 10.1. The molecule has 3 aromatic heterocycles. The second kappa shape index (κ2) is 5.83. The Balaban J connectivity index is 1.76. The number of furan rings is 1. The summed E-state index contributed by atoms with van der Waals surface area (Å²) < 4.78 is 8.24. The number of hydrogen-bond acceptors (Lipinski definition) is 2. The van der Waals surface area contributed by atoms with Gasteiger partial charge < -0.3 is 8.98 Å². The van der Waals surface area contributed by atoms with E-state index in [9.17, 15) is 0 Å². The molecular formula is C25H16N2O. The number of para-hydroxylation sites is 2. The third kappa shape index (κ3) is 2.13. The van der Waals surface area contributed by atoms with Crippen molar-refractivity contribution in [2.24, 2.45) is 0 Å². The van der Waals surface area contributed by atoms with Gasteiger partial charge in [-0.15, -0.1) is 0 Å². The zero-order valence-corrected chi connectivity index (χ0v) is 15.0. The largest absolute Gasteiger partial charge is 0.464 e. The molecule has 3 heteroatoms. The Labute approximate surface area is 161 Å². The highest BCUT2D eigenvalue weighted by atomic mass is 16.3. The van der Waals surface area contributed by atoms with Gasteiger partial charge >= 0.3 is 0 Å². The number of rotatable bonds is 2. The summed E-state index contributed by atoms with van der Waals surface area (Å²) in [5.41, 5.74) is 6.32. The van der Waals surface area contributed by atoms with Gasteiger partial charge in [0.15, 0.2) is 0 Å². The second-order valence-corrected chi connectivity index (χ2v) is 6.92.